The molecule has 1 N–H and O–H groups in total. The Morgan fingerprint density at radius 2 is 1.81 bits per heavy atom. The number of esters is 1. The van der Waals surface area contributed by atoms with Crippen molar-refractivity contribution in [3.05, 3.63) is 88.0 Å². The van der Waals surface area contributed by atoms with Crippen LogP contribution in [0.15, 0.2) is 59.0 Å². The Kier molecular flexibility index (Phi) is 7.45. The highest BCUT2D eigenvalue weighted by Crippen LogP contribution is 2.31. The molecule has 0 spiro atoms. The lowest BCUT2D eigenvalue weighted by molar-refractivity contribution is -0.120. The van der Waals surface area contributed by atoms with E-state index in [2.05, 4.69) is 5.32 Å². The SMILES string of the molecule is CCOC(=O)c1ccc(CNC(=O)Cc2c(C)n(C(=O)c3ccc(Cl)cc3)c3ccc(OC)cc23)o1. The number of hydrogen-bond acceptors (Lipinski definition) is 6. The van der Waals surface area contributed by atoms with Gasteiger partial charge >= 0.3 is 5.97 Å². The second kappa shape index (κ2) is 10.7. The second-order valence-corrected chi connectivity index (χ2v) is 8.47. The molecular weight excluding hydrogens is 484 g/mol. The van der Waals surface area contributed by atoms with Gasteiger partial charge in [-0.25, -0.2) is 4.79 Å². The van der Waals surface area contributed by atoms with Gasteiger partial charge in [0.15, 0.2) is 0 Å². The molecule has 36 heavy (non-hydrogen) atoms. The van der Waals surface area contributed by atoms with Crippen molar-refractivity contribution in [1.29, 1.82) is 0 Å². The number of rotatable bonds is 8. The number of nitrogens with zero attached hydrogens (tertiary/aromatic N) is 1. The first-order valence-corrected chi connectivity index (χ1v) is 11.7. The summed E-state index contributed by atoms with van der Waals surface area (Å²) < 4.78 is 17.3. The van der Waals surface area contributed by atoms with E-state index >= 15 is 0 Å². The summed E-state index contributed by atoms with van der Waals surface area (Å²) in [5, 5.41) is 4.08. The summed E-state index contributed by atoms with van der Waals surface area (Å²) in [4.78, 5) is 38.1. The number of aromatic nitrogens is 1. The fraction of sp³-hybridized carbons (Fsp3) is 0.222. The van der Waals surface area contributed by atoms with Crippen molar-refractivity contribution in [3.63, 3.8) is 0 Å². The van der Waals surface area contributed by atoms with Crippen LogP contribution in [0.25, 0.3) is 10.9 Å². The number of amides is 1. The van der Waals surface area contributed by atoms with Crippen LogP contribution in [-0.4, -0.2) is 36.1 Å². The lowest BCUT2D eigenvalue weighted by Crippen LogP contribution is -2.24. The molecule has 0 bridgehead atoms. The number of ether oxygens (including phenoxy) is 2. The van der Waals surface area contributed by atoms with Crippen LogP contribution in [0.1, 0.15) is 44.9 Å². The zero-order chi connectivity index (χ0) is 25.8. The molecule has 0 atom stereocenters. The number of nitrogens with one attached hydrogen (secondary N) is 1. The highest BCUT2D eigenvalue weighted by atomic mass is 35.5. The fourth-order valence-corrected chi connectivity index (χ4v) is 4.12. The van der Waals surface area contributed by atoms with Crippen LogP contribution < -0.4 is 10.1 Å². The Bertz CT molecular complexity index is 1430. The largest absolute Gasteiger partial charge is 0.497 e. The van der Waals surface area contributed by atoms with Crippen LogP contribution in [0, 0.1) is 6.92 Å². The molecule has 2 heterocycles. The minimum Gasteiger partial charge on any atom is -0.497 e. The predicted octanol–water partition coefficient (Wildman–Crippen LogP) is 4.93. The molecule has 4 rings (SSSR count). The number of methoxy groups -OCH3 is 1. The van der Waals surface area contributed by atoms with Gasteiger partial charge in [0.2, 0.25) is 11.7 Å². The van der Waals surface area contributed by atoms with Gasteiger partial charge in [0, 0.05) is 21.7 Å². The Morgan fingerprint density at radius 1 is 1.06 bits per heavy atom. The maximum atomic E-state index is 13.4. The van der Waals surface area contributed by atoms with Crippen LogP contribution in [0.4, 0.5) is 0 Å². The average molecular weight is 509 g/mol. The first-order valence-electron chi connectivity index (χ1n) is 11.3. The van der Waals surface area contributed by atoms with Gasteiger partial charge in [-0.2, -0.15) is 0 Å². The number of hydrogen-bond donors (Lipinski definition) is 1. The molecular formula is C27H25ClN2O6. The van der Waals surface area contributed by atoms with Gasteiger partial charge in [-0.05, 0) is 74.0 Å². The van der Waals surface area contributed by atoms with E-state index < -0.39 is 5.97 Å². The van der Waals surface area contributed by atoms with E-state index in [-0.39, 0.29) is 37.1 Å². The van der Waals surface area contributed by atoms with Crippen LogP contribution in [0.3, 0.4) is 0 Å². The molecule has 1 amide bonds. The number of fused-ring (bicyclic) bond motifs is 1. The van der Waals surface area contributed by atoms with Gasteiger partial charge < -0.3 is 19.2 Å². The van der Waals surface area contributed by atoms with E-state index in [1.165, 1.54) is 6.07 Å². The van der Waals surface area contributed by atoms with Crippen molar-refractivity contribution in [2.24, 2.45) is 0 Å². The second-order valence-electron chi connectivity index (χ2n) is 8.03. The number of furan rings is 1. The molecule has 0 saturated carbocycles. The van der Waals surface area contributed by atoms with E-state index in [0.717, 1.165) is 5.39 Å². The van der Waals surface area contributed by atoms with Gasteiger partial charge in [0.25, 0.3) is 5.91 Å². The van der Waals surface area contributed by atoms with E-state index in [4.69, 9.17) is 25.5 Å². The van der Waals surface area contributed by atoms with E-state index in [9.17, 15) is 14.4 Å². The monoisotopic (exact) mass is 508 g/mol. The first-order chi connectivity index (χ1) is 17.3. The molecule has 8 nitrogen and oxygen atoms in total. The average Bonchev–Trinajstić information content (AvgIpc) is 3.45. The summed E-state index contributed by atoms with van der Waals surface area (Å²) in [6.07, 6.45) is 0.0296. The van der Waals surface area contributed by atoms with E-state index in [1.54, 1.807) is 68.0 Å². The van der Waals surface area contributed by atoms with Crippen molar-refractivity contribution >= 4 is 40.3 Å². The fourth-order valence-electron chi connectivity index (χ4n) is 3.99. The summed E-state index contributed by atoms with van der Waals surface area (Å²) in [5.41, 5.74) is 2.49. The molecule has 0 aliphatic rings. The summed E-state index contributed by atoms with van der Waals surface area (Å²) in [5.74, 6) is 0.0548. The third-order valence-corrected chi connectivity index (χ3v) is 6.02. The molecule has 0 aliphatic heterocycles. The molecule has 0 unspecified atom stereocenters. The van der Waals surface area contributed by atoms with Gasteiger partial charge in [-0.1, -0.05) is 11.6 Å². The molecule has 4 aromatic rings. The van der Waals surface area contributed by atoms with Crippen LogP contribution in [-0.2, 0) is 22.5 Å². The third kappa shape index (κ3) is 5.13. The van der Waals surface area contributed by atoms with Crippen molar-refractivity contribution in [1.82, 2.24) is 9.88 Å². The maximum Gasteiger partial charge on any atom is 0.374 e. The number of halogens is 1. The molecule has 0 fully saturated rings. The summed E-state index contributed by atoms with van der Waals surface area (Å²) in [7, 11) is 1.56. The Labute approximate surface area is 212 Å². The van der Waals surface area contributed by atoms with Crippen molar-refractivity contribution < 1.29 is 28.3 Å². The van der Waals surface area contributed by atoms with Gasteiger partial charge in [-0.15, -0.1) is 0 Å². The Hall–Kier alpha value is -4.04. The van der Waals surface area contributed by atoms with Crippen LogP contribution in [0.2, 0.25) is 5.02 Å². The van der Waals surface area contributed by atoms with E-state index in [1.807, 2.05) is 6.07 Å². The number of benzene rings is 2. The zero-order valence-electron chi connectivity index (χ0n) is 20.1. The highest BCUT2D eigenvalue weighted by molar-refractivity contribution is 6.30. The van der Waals surface area contributed by atoms with Gasteiger partial charge in [-0.3, -0.25) is 14.2 Å². The molecule has 2 aromatic heterocycles. The maximum absolute atomic E-state index is 13.4. The number of carbonyl (C=O) groups is 3. The summed E-state index contributed by atoms with van der Waals surface area (Å²) >= 11 is 5.98. The topological polar surface area (TPSA) is 99.8 Å². The Morgan fingerprint density at radius 3 is 2.50 bits per heavy atom. The summed E-state index contributed by atoms with van der Waals surface area (Å²) in [6, 6.07) is 15.2. The zero-order valence-corrected chi connectivity index (χ0v) is 20.8. The van der Waals surface area contributed by atoms with Crippen molar-refractivity contribution in [3.8, 4) is 5.75 Å². The molecule has 186 valence electrons. The minimum atomic E-state index is -0.558. The van der Waals surface area contributed by atoms with Crippen molar-refractivity contribution in [2.45, 2.75) is 26.8 Å². The quantitative estimate of drug-likeness (QED) is 0.339. The predicted molar refractivity (Wildman–Crippen MR) is 135 cm³/mol. The van der Waals surface area contributed by atoms with Gasteiger partial charge in [0.1, 0.15) is 11.5 Å². The van der Waals surface area contributed by atoms with Crippen molar-refractivity contribution in [2.75, 3.05) is 13.7 Å². The van der Waals surface area contributed by atoms with E-state index in [0.29, 0.717) is 38.9 Å². The molecule has 9 heteroatoms. The molecule has 0 radical (unpaired) electrons. The first kappa shape index (κ1) is 25.1. The standard InChI is InChI=1S/C27H25ClN2O6/c1-4-35-27(33)24-12-10-20(36-24)15-29-25(31)14-21-16(2)30(23-11-9-19(34-3)13-22(21)23)26(32)17-5-7-18(28)8-6-17/h5-13H,4,14-15H2,1-3H3,(H,29,31). The van der Waals surface area contributed by atoms with Crippen LogP contribution >= 0.6 is 11.6 Å². The lowest BCUT2D eigenvalue weighted by Gasteiger charge is -2.08. The molecule has 0 aliphatic carbocycles. The normalized spacial score (nSPS) is 10.9. The molecule has 0 saturated heterocycles. The third-order valence-electron chi connectivity index (χ3n) is 5.77. The summed E-state index contributed by atoms with van der Waals surface area (Å²) in [6.45, 7) is 3.85. The lowest BCUT2D eigenvalue weighted by atomic mass is 10.1. The van der Waals surface area contributed by atoms with Crippen LogP contribution in [0.5, 0.6) is 5.75 Å². The molecule has 2 aromatic carbocycles. The number of carbonyl (C=O) groups excluding carboxylic acids is 3. The Balaban J connectivity index is 1.59. The minimum absolute atomic E-state index is 0.0296. The smallest absolute Gasteiger partial charge is 0.374 e. The highest BCUT2D eigenvalue weighted by Gasteiger charge is 2.22. The van der Waals surface area contributed by atoms with Gasteiger partial charge in [0.05, 0.1) is 32.2 Å².